The van der Waals surface area contributed by atoms with E-state index in [1.54, 1.807) is 35.5 Å². The first-order valence-corrected chi connectivity index (χ1v) is 11.2. The zero-order valence-electron chi connectivity index (χ0n) is 17.9. The first-order valence-electron chi connectivity index (χ1n) is 10.8. The van der Waals surface area contributed by atoms with Gasteiger partial charge in [-0.2, -0.15) is 0 Å². The maximum Gasteiger partial charge on any atom is 0.322 e. The number of nitrogens with zero attached hydrogens (tertiary/aromatic N) is 2. The predicted molar refractivity (Wildman–Crippen MR) is 123 cm³/mol. The molecule has 2 amide bonds. The highest BCUT2D eigenvalue weighted by Gasteiger charge is 2.42. The zero-order chi connectivity index (χ0) is 23.1. The summed E-state index contributed by atoms with van der Waals surface area (Å²) in [5, 5.41) is 2.98. The number of hydrogen-bond acceptors (Lipinski definition) is 4. The van der Waals surface area contributed by atoms with Crippen molar-refractivity contribution in [1.29, 1.82) is 0 Å². The lowest BCUT2D eigenvalue weighted by molar-refractivity contribution is 0.179. The summed E-state index contributed by atoms with van der Waals surface area (Å²) in [4.78, 5) is 33.4. The summed E-state index contributed by atoms with van der Waals surface area (Å²) in [6.45, 7) is 2.36. The Morgan fingerprint density at radius 1 is 1.33 bits per heavy atom. The van der Waals surface area contributed by atoms with Gasteiger partial charge in [-0.05, 0) is 55.5 Å². The number of halogens is 2. The van der Waals surface area contributed by atoms with E-state index in [0.29, 0.717) is 35.1 Å². The van der Waals surface area contributed by atoms with Crippen LogP contribution >= 0.6 is 11.6 Å². The second-order valence-electron chi connectivity index (χ2n) is 8.20. The van der Waals surface area contributed by atoms with E-state index in [2.05, 4.69) is 15.3 Å². The van der Waals surface area contributed by atoms with Crippen molar-refractivity contribution in [2.24, 2.45) is 0 Å². The number of carbonyl (C=O) groups is 1. The highest BCUT2D eigenvalue weighted by Crippen LogP contribution is 2.43. The summed E-state index contributed by atoms with van der Waals surface area (Å²) < 4.78 is 20.3. The number of ether oxygens (including phenoxy) is 1. The third-order valence-electron chi connectivity index (χ3n) is 6.24. The third kappa shape index (κ3) is 3.95. The molecule has 2 aromatic heterocycles. The molecule has 3 aromatic rings. The van der Waals surface area contributed by atoms with E-state index in [0.717, 1.165) is 24.0 Å². The van der Waals surface area contributed by atoms with Gasteiger partial charge in [0.15, 0.2) is 0 Å². The topological polar surface area (TPSA) is 87.3 Å². The summed E-state index contributed by atoms with van der Waals surface area (Å²) in [6.07, 6.45) is 5.48. The van der Waals surface area contributed by atoms with Gasteiger partial charge in [-0.25, -0.2) is 14.2 Å². The van der Waals surface area contributed by atoms with Crippen LogP contribution in [0.2, 0.25) is 5.02 Å². The summed E-state index contributed by atoms with van der Waals surface area (Å²) >= 11 is 6.43. The van der Waals surface area contributed by atoms with Gasteiger partial charge in [0.05, 0.1) is 23.4 Å². The molecule has 4 heterocycles. The second kappa shape index (κ2) is 8.51. The summed E-state index contributed by atoms with van der Waals surface area (Å²) in [5.74, 6) is -0.116. The fourth-order valence-corrected chi connectivity index (χ4v) is 5.05. The first kappa shape index (κ1) is 21.5. The average Bonchev–Trinajstić information content (AvgIpc) is 3.12. The lowest BCUT2D eigenvalue weighted by Gasteiger charge is -2.36. The Bertz CT molecular complexity index is 1280. The Morgan fingerprint density at radius 2 is 2.18 bits per heavy atom. The van der Waals surface area contributed by atoms with Gasteiger partial charge in [0.1, 0.15) is 5.82 Å². The minimum absolute atomic E-state index is 0.0133. The molecule has 5 rings (SSSR count). The van der Waals surface area contributed by atoms with Crippen molar-refractivity contribution in [3.63, 3.8) is 0 Å². The summed E-state index contributed by atoms with van der Waals surface area (Å²) in [5.41, 5.74) is 2.89. The average molecular weight is 469 g/mol. The molecule has 2 aliphatic rings. The van der Waals surface area contributed by atoms with Gasteiger partial charge in [0, 0.05) is 41.7 Å². The van der Waals surface area contributed by atoms with Crippen LogP contribution in [-0.4, -0.2) is 33.5 Å². The van der Waals surface area contributed by atoms with Gasteiger partial charge in [-0.1, -0.05) is 11.6 Å². The molecule has 7 nitrogen and oxygen atoms in total. The lowest BCUT2D eigenvalue weighted by atomic mass is 9.95. The largest absolute Gasteiger partial charge is 0.478 e. The van der Waals surface area contributed by atoms with Crippen LogP contribution in [0.4, 0.5) is 14.9 Å². The molecule has 9 heteroatoms. The van der Waals surface area contributed by atoms with E-state index in [1.807, 2.05) is 6.92 Å². The minimum atomic E-state index is -0.592. The van der Waals surface area contributed by atoms with Gasteiger partial charge in [0.25, 0.3) is 0 Å². The Kier molecular flexibility index (Phi) is 5.54. The van der Waals surface area contributed by atoms with Crippen LogP contribution in [0.25, 0.3) is 11.1 Å². The number of anilines is 1. The van der Waals surface area contributed by atoms with Gasteiger partial charge in [-0.3, -0.25) is 4.79 Å². The number of rotatable bonds is 4. The van der Waals surface area contributed by atoms with Crippen molar-refractivity contribution in [2.75, 3.05) is 11.9 Å². The number of pyridine rings is 2. The Morgan fingerprint density at radius 3 is 2.94 bits per heavy atom. The number of amides is 2. The van der Waals surface area contributed by atoms with Crippen LogP contribution in [0.1, 0.15) is 36.9 Å². The number of benzene rings is 1. The number of hydrogen-bond donors (Lipinski definition) is 2. The van der Waals surface area contributed by atoms with E-state index in [-0.39, 0.29) is 29.4 Å². The molecule has 33 heavy (non-hydrogen) atoms. The van der Waals surface area contributed by atoms with E-state index in [9.17, 15) is 14.0 Å². The predicted octanol–water partition coefficient (Wildman–Crippen LogP) is 4.92. The number of carbonyl (C=O) groups excluding carboxylic acids is 1. The molecular weight excluding hydrogens is 447 g/mol. The highest BCUT2D eigenvalue weighted by molar-refractivity contribution is 6.33. The number of H-pyrrole nitrogens is 1. The van der Waals surface area contributed by atoms with Crippen molar-refractivity contribution in [1.82, 2.24) is 14.9 Å². The van der Waals surface area contributed by atoms with E-state index >= 15 is 0 Å². The maximum absolute atomic E-state index is 15.0. The van der Waals surface area contributed by atoms with Crippen LogP contribution in [0, 0.1) is 5.82 Å². The number of aromatic amines is 1. The molecule has 0 radical (unpaired) electrons. The molecule has 0 aliphatic carbocycles. The van der Waals surface area contributed by atoms with E-state index in [4.69, 9.17) is 16.3 Å². The van der Waals surface area contributed by atoms with Crippen LogP contribution in [-0.2, 0) is 6.42 Å². The standard InChI is InChI=1S/C24H22ClFN4O3/c1-2-33-23-6-3-13(11-28-23)16-9-19(26)20(10-18(16)25)29-24(32)30-15-4-5-21(30)17-12-27-22(31)8-14(17)7-15/h3,6,8-12,15,21H,2,4-5,7H2,1H3,(H,27,31)(H,29,32)/t15-,21+/m0/s1. The molecule has 0 spiro atoms. The van der Waals surface area contributed by atoms with Crippen LogP contribution in [0.15, 0.2) is 47.5 Å². The molecule has 2 aliphatic heterocycles. The van der Waals surface area contributed by atoms with Gasteiger partial charge in [0.2, 0.25) is 11.4 Å². The van der Waals surface area contributed by atoms with Crippen LogP contribution in [0.3, 0.4) is 0 Å². The van der Waals surface area contributed by atoms with Crippen molar-refractivity contribution in [2.45, 2.75) is 38.3 Å². The number of aromatic nitrogens is 2. The van der Waals surface area contributed by atoms with Crippen molar-refractivity contribution in [3.8, 4) is 17.0 Å². The molecule has 1 fully saturated rings. The van der Waals surface area contributed by atoms with Crippen LogP contribution in [0.5, 0.6) is 5.88 Å². The smallest absolute Gasteiger partial charge is 0.322 e. The first-order chi connectivity index (χ1) is 15.9. The molecule has 1 saturated heterocycles. The van der Waals surface area contributed by atoms with Crippen LogP contribution < -0.4 is 15.6 Å². The second-order valence-corrected chi connectivity index (χ2v) is 8.60. The molecule has 2 atom stereocenters. The summed E-state index contributed by atoms with van der Waals surface area (Å²) in [7, 11) is 0. The zero-order valence-corrected chi connectivity index (χ0v) is 18.7. The lowest BCUT2D eigenvalue weighted by Crippen LogP contribution is -2.44. The number of nitrogens with one attached hydrogen (secondary N) is 2. The molecule has 0 unspecified atom stereocenters. The Labute approximate surface area is 194 Å². The number of urea groups is 1. The third-order valence-corrected chi connectivity index (χ3v) is 6.55. The van der Waals surface area contributed by atoms with Gasteiger partial charge >= 0.3 is 6.03 Å². The molecular formula is C24H22ClFN4O3. The Hall–Kier alpha value is -3.39. The SMILES string of the molecule is CCOc1ccc(-c2cc(F)c(NC(=O)N3[C@H]4CC[C@@H]3c3c[nH]c(=O)cc3C4)cc2Cl)cn1. The minimum Gasteiger partial charge on any atom is -0.478 e. The molecule has 2 bridgehead atoms. The van der Waals surface area contributed by atoms with Gasteiger partial charge in [-0.15, -0.1) is 0 Å². The quantitative estimate of drug-likeness (QED) is 0.568. The van der Waals surface area contributed by atoms with E-state index < -0.39 is 5.82 Å². The molecule has 2 N–H and O–H groups in total. The monoisotopic (exact) mass is 468 g/mol. The fraction of sp³-hybridized carbons (Fsp3) is 0.292. The number of fused-ring (bicyclic) bond motifs is 4. The van der Waals surface area contributed by atoms with Gasteiger partial charge < -0.3 is 19.9 Å². The molecule has 1 aromatic carbocycles. The molecule has 0 saturated carbocycles. The normalized spacial score (nSPS) is 18.7. The fourth-order valence-electron chi connectivity index (χ4n) is 4.78. The highest BCUT2D eigenvalue weighted by atomic mass is 35.5. The van der Waals surface area contributed by atoms with E-state index in [1.165, 1.54) is 12.1 Å². The van der Waals surface area contributed by atoms with Crippen molar-refractivity contribution < 1.29 is 13.9 Å². The van der Waals surface area contributed by atoms with Crippen molar-refractivity contribution in [3.05, 3.63) is 75.0 Å². The Balaban J connectivity index is 1.37. The van der Waals surface area contributed by atoms with Crippen molar-refractivity contribution >= 4 is 23.3 Å². The summed E-state index contributed by atoms with van der Waals surface area (Å²) in [6, 6.07) is 7.19. The maximum atomic E-state index is 15.0. The molecule has 170 valence electrons.